The molecule has 0 aliphatic heterocycles. The summed E-state index contributed by atoms with van der Waals surface area (Å²) >= 11 is 1.87. The van der Waals surface area contributed by atoms with Gasteiger partial charge in [0.15, 0.2) is 0 Å². The summed E-state index contributed by atoms with van der Waals surface area (Å²) in [6, 6.07) is -1.02. The molecule has 2 amide bonds. The molecule has 1 rings (SSSR count). The molecule has 0 aromatic carbocycles. The minimum absolute atomic E-state index is 0.0809. The lowest BCUT2D eigenvalue weighted by Gasteiger charge is -2.24. The van der Waals surface area contributed by atoms with E-state index in [0.29, 0.717) is 5.25 Å². The Hall–Kier alpha value is -0.910. The first-order valence-electron chi connectivity index (χ1n) is 7.41. The molecule has 0 bridgehead atoms. The zero-order valence-corrected chi connectivity index (χ0v) is 13.3. The molecule has 0 radical (unpaired) electrons. The fourth-order valence-electron chi connectivity index (χ4n) is 2.54. The molecule has 6 heteroatoms. The number of nitrogens with one attached hydrogen (secondary N) is 2. The maximum absolute atomic E-state index is 12.0. The summed E-state index contributed by atoms with van der Waals surface area (Å²) in [5, 5.41) is 15.2. The number of carbonyl (C=O) groups is 2. The second-order valence-electron chi connectivity index (χ2n) is 5.35. The Balaban J connectivity index is 2.51. The van der Waals surface area contributed by atoms with Gasteiger partial charge in [-0.1, -0.05) is 33.6 Å². The van der Waals surface area contributed by atoms with Crippen molar-refractivity contribution in [1.29, 1.82) is 0 Å². The molecule has 5 nitrogen and oxygen atoms in total. The van der Waals surface area contributed by atoms with Gasteiger partial charge in [0.1, 0.15) is 6.04 Å². The lowest BCUT2D eigenvalue weighted by Crippen LogP contribution is -2.52. The van der Waals surface area contributed by atoms with Crippen molar-refractivity contribution in [2.45, 2.75) is 63.8 Å². The van der Waals surface area contributed by atoms with E-state index in [4.69, 9.17) is 0 Å². The van der Waals surface area contributed by atoms with Crippen LogP contribution in [-0.2, 0) is 4.79 Å². The van der Waals surface area contributed by atoms with Crippen LogP contribution in [0.3, 0.4) is 0 Å². The molecule has 20 heavy (non-hydrogen) atoms. The average Bonchev–Trinajstić information content (AvgIpc) is 2.82. The molecule has 4 atom stereocenters. The number of hydrogen-bond acceptors (Lipinski definition) is 3. The third-order valence-electron chi connectivity index (χ3n) is 3.92. The Kier molecular flexibility index (Phi) is 7.19. The van der Waals surface area contributed by atoms with Crippen LogP contribution in [-0.4, -0.2) is 40.2 Å². The molecular weight excluding hydrogens is 276 g/mol. The van der Waals surface area contributed by atoms with Crippen molar-refractivity contribution >= 4 is 23.8 Å². The van der Waals surface area contributed by atoms with Crippen molar-refractivity contribution in [3.05, 3.63) is 0 Å². The monoisotopic (exact) mass is 302 g/mol. The van der Waals surface area contributed by atoms with E-state index in [1.807, 2.05) is 25.6 Å². The van der Waals surface area contributed by atoms with Crippen LogP contribution in [0.15, 0.2) is 0 Å². The van der Waals surface area contributed by atoms with Gasteiger partial charge in [-0.15, -0.1) is 0 Å². The van der Waals surface area contributed by atoms with Gasteiger partial charge in [-0.2, -0.15) is 11.8 Å². The Labute approximate surface area is 125 Å². The molecule has 3 N–H and O–H groups in total. The van der Waals surface area contributed by atoms with E-state index in [2.05, 4.69) is 17.6 Å². The zero-order valence-electron chi connectivity index (χ0n) is 12.5. The Bertz CT molecular complexity index is 338. The van der Waals surface area contributed by atoms with Crippen molar-refractivity contribution in [2.24, 2.45) is 5.92 Å². The molecule has 1 aliphatic carbocycles. The van der Waals surface area contributed by atoms with Gasteiger partial charge in [0.2, 0.25) is 0 Å². The lowest BCUT2D eigenvalue weighted by atomic mass is 9.99. The van der Waals surface area contributed by atoms with Gasteiger partial charge in [-0.25, -0.2) is 9.59 Å². The Morgan fingerprint density at radius 3 is 2.60 bits per heavy atom. The van der Waals surface area contributed by atoms with E-state index in [9.17, 15) is 14.7 Å². The van der Waals surface area contributed by atoms with Gasteiger partial charge in [0.05, 0.1) is 0 Å². The Morgan fingerprint density at radius 2 is 2.05 bits per heavy atom. The van der Waals surface area contributed by atoms with E-state index in [1.54, 1.807) is 0 Å². The quantitative estimate of drug-likeness (QED) is 0.675. The minimum atomic E-state index is -0.972. The number of carbonyl (C=O) groups excluding carboxylic acids is 1. The third-order valence-corrected chi connectivity index (χ3v) is 5.24. The average molecular weight is 302 g/mol. The number of hydrogen-bond donors (Lipinski definition) is 3. The van der Waals surface area contributed by atoms with Crippen LogP contribution < -0.4 is 10.6 Å². The molecule has 1 aliphatic rings. The second kappa shape index (κ2) is 8.39. The fraction of sp³-hybridized carbons (Fsp3) is 0.857. The normalized spacial score (nSPS) is 24.9. The van der Waals surface area contributed by atoms with Crippen molar-refractivity contribution in [3.63, 3.8) is 0 Å². The maximum Gasteiger partial charge on any atom is 0.326 e. The maximum atomic E-state index is 12.0. The summed E-state index contributed by atoms with van der Waals surface area (Å²) in [7, 11) is 0. The van der Waals surface area contributed by atoms with Crippen LogP contribution in [0.25, 0.3) is 0 Å². The first-order valence-corrected chi connectivity index (χ1v) is 8.45. The van der Waals surface area contributed by atoms with Gasteiger partial charge in [-0.3, -0.25) is 0 Å². The topological polar surface area (TPSA) is 78.4 Å². The molecule has 0 heterocycles. The van der Waals surface area contributed by atoms with Crippen LogP contribution in [0.5, 0.6) is 0 Å². The number of aliphatic carboxylic acids is 1. The highest BCUT2D eigenvalue weighted by atomic mass is 32.2. The number of rotatable bonds is 7. The Morgan fingerprint density at radius 1 is 1.35 bits per heavy atom. The summed E-state index contributed by atoms with van der Waals surface area (Å²) in [6.07, 6.45) is 3.94. The van der Waals surface area contributed by atoms with Gasteiger partial charge in [0, 0.05) is 11.3 Å². The van der Waals surface area contributed by atoms with E-state index >= 15 is 0 Å². The zero-order chi connectivity index (χ0) is 15.1. The number of urea groups is 1. The summed E-state index contributed by atoms with van der Waals surface area (Å²) < 4.78 is 0. The number of thioether (sulfide) groups is 1. The highest BCUT2D eigenvalue weighted by molar-refractivity contribution is 7.99. The molecular formula is C14H26N2O3S. The largest absolute Gasteiger partial charge is 0.480 e. The standard InChI is InChI=1S/C14H26N2O3S/c1-4-9(3)12(13(17)18)16-14(19)15-10-7-6-8-11(10)20-5-2/h9-12H,4-8H2,1-3H3,(H,17,18)(H2,15,16,19). The highest BCUT2D eigenvalue weighted by Gasteiger charge is 2.30. The molecule has 116 valence electrons. The van der Waals surface area contributed by atoms with Crippen molar-refractivity contribution in [3.8, 4) is 0 Å². The highest BCUT2D eigenvalue weighted by Crippen LogP contribution is 2.29. The number of amides is 2. The van der Waals surface area contributed by atoms with Crippen LogP contribution in [0, 0.1) is 5.92 Å². The molecule has 1 fully saturated rings. The number of carboxylic acids is 1. The molecule has 4 unspecified atom stereocenters. The van der Waals surface area contributed by atoms with E-state index in [0.717, 1.165) is 31.4 Å². The van der Waals surface area contributed by atoms with E-state index in [-0.39, 0.29) is 18.0 Å². The van der Waals surface area contributed by atoms with Crippen molar-refractivity contribution in [1.82, 2.24) is 10.6 Å². The smallest absolute Gasteiger partial charge is 0.326 e. The van der Waals surface area contributed by atoms with E-state index in [1.165, 1.54) is 0 Å². The lowest BCUT2D eigenvalue weighted by molar-refractivity contribution is -0.140. The van der Waals surface area contributed by atoms with Gasteiger partial charge >= 0.3 is 12.0 Å². The van der Waals surface area contributed by atoms with Gasteiger partial charge < -0.3 is 15.7 Å². The van der Waals surface area contributed by atoms with Crippen molar-refractivity contribution < 1.29 is 14.7 Å². The SMILES string of the molecule is CCSC1CCCC1NC(=O)NC(C(=O)O)C(C)CC. The molecule has 1 saturated carbocycles. The molecule has 0 aromatic rings. The molecule has 0 spiro atoms. The van der Waals surface area contributed by atoms with E-state index < -0.39 is 12.0 Å². The van der Waals surface area contributed by atoms with Crippen molar-refractivity contribution in [2.75, 3.05) is 5.75 Å². The first-order chi connectivity index (χ1) is 9.49. The predicted octanol–water partition coefficient (Wildman–Crippen LogP) is 2.46. The fourth-order valence-corrected chi connectivity index (χ4v) is 3.74. The van der Waals surface area contributed by atoms with Crippen LogP contribution in [0.2, 0.25) is 0 Å². The van der Waals surface area contributed by atoms with Crippen LogP contribution >= 0.6 is 11.8 Å². The van der Waals surface area contributed by atoms with Gasteiger partial charge in [-0.05, 0) is 24.5 Å². The second-order valence-corrected chi connectivity index (χ2v) is 6.87. The third kappa shape index (κ3) is 4.89. The number of carboxylic acid groups (broad SMARTS) is 1. The summed E-state index contributed by atoms with van der Waals surface area (Å²) in [5.41, 5.74) is 0. The first kappa shape index (κ1) is 17.1. The molecule has 0 aromatic heterocycles. The molecule has 0 saturated heterocycles. The minimum Gasteiger partial charge on any atom is -0.480 e. The summed E-state index contributed by atoms with van der Waals surface area (Å²) in [4.78, 5) is 23.2. The predicted molar refractivity (Wildman–Crippen MR) is 82.1 cm³/mol. The van der Waals surface area contributed by atoms with Crippen LogP contribution in [0.4, 0.5) is 4.79 Å². The summed E-state index contributed by atoms with van der Waals surface area (Å²) in [6.45, 7) is 5.87. The summed E-state index contributed by atoms with van der Waals surface area (Å²) in [5.74, 6) is -0.0159. The van der Waals surface area contributed by atoms with Gasteiger partial charge in [0.25, 0.3) is 0 Å². The van der Waals surface area contributed by atoms with Crippen LogP contribution in [0.1, 0.15) is 46.5 Å².